The van der Waals surface area contributed by atoms with E-state index in [0.717, 1.165) is 19.3 Å². The summed E-state index contributed by atoms with van der Waals surface area (Å²) in [6.45, 7) is 4.27. The van der Waals surface area contributed by atoms with Gasteiger partial charge in [-0.25, -0.2) is 9.37 Å². The van der Waals surface area contributed by atoms with Gasteiger partial charge in [-0.2, -0.15) is 4.39 Å². The van der Waals surface area contributed by atoms with Crippen molar-refractivity contribution in [2.45, 2.75) is 51.2 Å². The lowest BCUT2D eigenvalue weighted by Crippen LogP contribution is -2.46. The topological polar surface area (TPSA) is 58.3 Å². The average Bonchev–Trinajstić information content (AvgIpc) is 2.86. The molecule has 1 aromatic heterocycles. The average molecular weight is 310 g/mol. The van der Waals surface area contributed by atoms with Crippen molar-refractivity contribution in [1.29, 1.82) is 0 Å². The second-order valence-corrected chi connectivity index (χ2v) is 6.40. The smallest absolute Gasteiger partial charge is 0.203 e. The summed E-state index contributed by atoms with van der Waals surface area (Å²) in [5, 5.41) is 13.0. The van der Waals surface area contributed by atoms with E-state index in [-0.39, 0.29) is 23.6 Å². The van der Waals surface area contributed by atoms with Crippen molar-refractivity contribution in [2.24, 2.45) is 0 Å². The summed E-state index contributed by atoms with van der Waals surface area (Å²) in [5.41, 5.74) is -0.321. The molecule has 120 valence electrons. The number of hydrogen-bond acceptors (Lipinski definition) is 4. The monoisotopic (exact) mass is 310 g/mol. The fourth-order valence-corrected chi connectivity index (χ4v) is 2.64. The van der Waals surface area contributed by atoms with Gasteiger partial charge in [0.2, 0.25) is 5.82 Å². The molecule has 1 saturated carbocycles. The second kappa shape index (κ2) is 5.59. The van der Waals surface area contributed by atoms with Crippen LogP contribution >= 0.6 is 0 Å². The molecule has 0 aliphatic heterocycles. The number of nitrogens with zero attached hydrogens (tertiary/aromatic N) is 1. The summed E-state index contributed by atoms with van der Waals surface area (Å²) < 4.78 is 33.5. The molecule has 0 atom stereocenters. The molecule has 0 saturated heterocycles. The Labute approximate surface area is 127 Å². The molecular weight excluding hydrogens is 290 g/mol. The number of oxazole rings is 1. The van der Waals surface area contributed by atoms with Crippen LogP contribution in [0.4, 0.5) is 8.78 Å². The molecule has 4 nitrogen and oxygen atoms in total. The number of aromatic nitrogens is 1. The van der Waals surface area contributed by atoms with Crippen molar-refractivity contribution in [3.8, 4) is 0 Å². The molecular formula is C16H20F2N2O2. The summed E-state index contributed by atoms with van der Waals surface area (Å²) in [4.78, 5) is 4.21. The highest BCUT2D eigenvalue weighted by atomic mass is 19.2. The van der Waals surface area contributed by atoms with Crippen molar-refractivity contribution in [1.82, 2.24) is 10.3 Å². The van der Waals surface area contributed by atoms with Gasteiger partial charge in [0.1, 0.15) is 5.52 Å². The van der Waals surface area contributed by atoms with Crippen molar-refractivity contribution >= 4 is 11.1 Å². The molecule has 2 aromatic rings. The Bertz CT molecular complexity index is 693. The maximum absolute atomic E-state index is 14.1. The maximum atomic E-state index is 14.1. The van der Waals surface area contributed by atoms with Gasteiger partial charge in [-0.15, -0.1) is 0 Å². The van der Waals surface area contributed by atoms with Crippen LogP contribution in [0.3, 0.4) is 0 Å². The number of aliphatic hydroxyl groups is 1. The summed E-state index contributed by atoms with van der Waals surface area (Å²) in [6.07, 6.45) is 2.50. The Balaban J connectivity index is 1.81. The molecule has 0 spiro atoms. The maximum Gasteiger partial charge on any atom is 0.203 e. The number of fused-ring (bicyclic) bond motifs is 1. The molecule has 22 heavy (non-hydrogen) atoms. The van der Waals surface area contributed by atoms with E-state index < -0.39 is 17.2 Å². The zero-order chi connectivity index (χ0) is 15.9. The van der Waals surface area contributed by atoms with Crippen LogP contribution in [-0.2, 0) is 6.54 Å². The minimum Gasteiger partial charge on any atom is -0.437 e. The Hall–Kier alpha value is -1.53. The van der Waals surface area contributed by atoms with Gasteiger partial charge in [-0.3, -0.25) is 0 Å². The molecule has 2 N–H and O–H groups in total. The van der Waals surface area contributed by atoms with E-state index in [9.17, 15) is 13.9 Å². The zero-order valence-corrected chi connectivity index (χ0v) is 12.7. The molecule has 6 heteroatoms. The first-order chi connectivity index (χ1) is 10.4. The number of hydrogen-bond donors (Lipinski definition) is 2. The molecule has 0 unspecified atom stereocenters. The SMILES string of the molecule is CC(C)c1nc2cc(CNCC3(O)CCC3)c(F)c(F)c2o1. The first-order valence-corrected chi connectivity index (χ1v) is 7.60. The molecule has 0 radical (unpaired) electrons. The quantitative estimate of drug-likeness (QED) is 0.890. The van der Waals surface area contributed by atoms with Crippen LogP contribution in [0.15, 0.2) is 10.5 Å². The van der Waals surface area contributed by atoms with Gasteiger partial charge in [0.25, 0.3) is 0 Å². The normalized spacial score (nSPS) is 17.2. The number of benzene rings is 1. The lowest BCUT2D eigenvalue weighted by Gasteiger charge is -2.36. The molecule has 0 bridgehead atoms. The van der Waals surface area contributed by atoms with Crippen LogP contribution in [0.1, 0.15) is 50.5 Å². The third-order valence-electron chi connectivity index (χ3n) is 4.20. The van der Waals surface area contributed by atoms with E-state index in [2.05, 4.69) is 10.3 Å². The van der Waals surface area contributed by atoms with Crippen molar-refractivity contribution in [3.05, 3.63) is 29.2 Å². The molecule has 1 aliphatic carbocycles. The Morgan fingerprint density at radius 1 is 1.36 bits per heavy atom. The van der Waals surface area contributed by atoms with Crippen LogP contribution in [0, 0.1) is 11.6 Å². The number of nitrogens with one attached hydrogen (secondary N) is 1. The van der Waals surface area contributed by atoms with E-state index >= 15 is 0 Å². The van der Waals surface area contributed by atoms with Gasteiger partial charge in [0.15, 0.2) is 17.3 Å². The van der Waals surface area contributed by atoms with Gasteiger partial charge < -0.3 is 14.8 Å². The number of rotatable bonds is 5. The summed E-state index contributed by atoms with van der Waals surface area (Å²) in [7, 11) is 0. The molecule has 3 rings (SSSR count). The third-order valence-corrected chi connectivity index (χ3v) is 4.20. The standard InChI is InChI=1S/C16H20F2N2O2/c1-9(2)15-20-11-6-10(12(17)13(18)14(11)22-15)7-19-8-16(21)4-3-5-16/h6,9,19,21H,3-5,7-8H2,1-2H3. The highest BCUT2D eigenvalue weighted by Gasteiger charge is 2.33. The van der Waals surface area contributed by atoms with Crippen molar-refractivity contribution < 1.29 is 18.3 Å². The summed E-state index contributed by atoms with van der Waals surface area (Å²) in [6, 6.07) is 1.50. The van der Waals surface area contributed by atoms with Crippen LogP contribution in [0.25, 0.3) is 11.1 Å². The highest BCUT2D eigenvalue weighted by molar-refractivity contribution is 5.74. The Morgan fingerprint density at radius 3 is 2.68 bits per heavy atom. The fraction of sp³-hybridized carbons (Fsp3) is 0.562. The highest BCUT2D eigenvalue weighted by Crippen LogP contribution is 2.31. The molecule has 1 aromatic carbocycles. The Kier molecular flexibility index (Phi) is 3.91. The largest absolute Gasteiger partial charge is 0.437 e. The molecule has 1 heterocycles. The second-order valence-electron chi connectivity index (χ2n) is 6.40. The summed E-state index contributed by atoms with van der Waals surface area (Å²) >= 11 is 0. The lowest BCUT2D eigenvalue weighted by atomic mass is 9.80. The van der Waals surface area contributed by atoms with Gasteiger partial charge in [0, 0.05) is 24.6 Å². The van der Waals surface area contributed by atoms with Gasteiger partial charge in [0.05, 0.1) is 5.60 Å². The van der Waals surface area contributed by atoms with Crippen LogP contribution in [0.2, 0.25) is 0 Å². The third kappa shape index (κ3) is 2.73. The van der Waals surface area contributed by atoms with E-state index in [1.165, 1.54) is 6.07 Å². The predicted octanol–water partition coefficient (Wildman–Crippen LogP) is 3.23. The van der Waals surface area contributed by atoms with Crippen molar-refractivity contribution in [3.63, 3.8) is 0 Å². The Morgan fingerprint density at radius 2 is 2.09 bits per heavy atom. The molecule has 1 aliphatic rings. The van der Waals surface area contributed by atoms with Crippen LogP contribution in [-0.4, -0.2) is 22.2 Å². The zero-order valence-electron chi connectivity index (χ0n) is 12.7. The van der Waals surface area contributed by atoms with Gasteiger partial charge in [-0.05, 0) is 25.3 Å². The lowest BCUT2D eigenvalue weighted by molar-refractivity contribution is -0.0315. The first kappa shape index (κ1) is 15.4. The molecule has 1 fully saturated rings. The van der Waals surface area contributed by atoms with E-state index in [4.69, 9.17) is 4.42 Å². The van der Waals surface area contributed by atoms with Crippen LogP contribution in [0.5, 0.6) is 0 Å². The van der Waals surface area contributed by atoms with Crippen LogP contribution < -0.4 is 5.32 Å². The predicted molar refractivity (Wildman–Crippen MR) is 78.5 cm³/mol. The van der Waals surface area contributed by atoms with E-state index in [1.807, 2.05) is 13.8 Å². The van der Waals surface area contributed by atoms with E-state index in [0.29, 0.717) is 18.0 Å². The first-order valence-electron chi connectivity index (χ1n) is 7.60. The van der Waals surface area contributed by atoms with Crippen molar-refractivity contribution in [2.75, 3.05) is 6.54 Å². The van der Waals surface area contributed by atoms with Gasteiger partial charge in [-0.1, -0.05) is 13.8 Å². The fourth-order valence-electron chi connectivity index (χ4n) is 2.64. The number of halogens is 2. The minimum absolute atomic E-state index is 0.00398. The van der Waals surface area contributed by atoms with E-state index in [1.54, 1.807) is 0 Å². The minimum atomic E-state index is -1.00. The molecule has 0 amide bonds. The summed E-state index contributed by atoms with van der Waals surface area (Å²) in [5.74, 6) is -1.53. The van der Waals surface area contributed by atoms with Gasteiger partial charge >= 0.3 is 0 Å².